The quantitative estimate of drug-likeness (QED) is 0.845. The lowest BCUT2D eigenvalue weighted by atomic mass is 10.1. The number of amides is 1. The summed E-state index contributed by atoms with van der Waals surface area (Å²) in [6.45, 7) is 0.799. The molecule has 0 radical (unpaired) electrons. The largest absolute Gasteiger partial charge is 0.394 e. The summed E-state index contributed by atoms with van der Waals surface area (Å²) in [4.78, 5) is 17.3. The molecular weight excluding hydrogens is 228 g/mol. The second-order valence-electron chi connectivity index (χ2n) is 4.76. The van der Waals surface area contributed by atoms with Gasteiger partial charge in [0.1, 0.15) is 0 Å². The van der Waals surface area contributed by atoms with Gasteiger partial charge in [-0.1, -0.05) is 0 Å². The van der Waals surface area contributed by atoms with E-state index in [0.717, 1.165) is 30.3 Å². The summed E-state index contributed by atoms with van der Waals surface area (Å²) in [7, 11) is 0. The van der Waals surface area contributed by atoms with E-state index in [1.807, 2.05) is 30.5 Å². The molecule has 0 saturated carbocycles. The third-order valence-corrected chi connectivity index (χ3v) is 3.65. The van der Waals surface area contributed by atoms with Gasteiger partial charge >= 0.3 is 0 Å². The molecule has 94 valence electrons. The van der Waals surface area contributed by atoms with Gasteiger partial charge in [0.25, 0.3) is 5.91 Å². The van der Waals surface area contributed by atoms with Gasteiger partial charge < -0.3 is 15.0 Å². The molecule has 4 heteroatoms. The molecule has 1 aliphatic heterocycles. The minimum atomic E-state index is -0.0144. The predicted molar refractivity (Wildman–Crippen MR) is 69.4 cm³/mol. The van der Waals surface area contributed by atoms with E-state index in [-0.39, 0.29) is 18.6 Å². The highest BCUT2D eigenvalue weighted by molar-refractivity contribution is 5.98. The van der Waals surface area contributed by atoms with Crippen LogP contribution in [0.5, 0.6) is 0 Å². The van der Waals surface area contributed by atoms with E-state index in [1.165, 1.54) is 0 Å². The van der Waals surface area contributed by atoms with Crippen molar-refractivity contribution in [2.75, 3.05) is 13.2 Å². The lowest BCUT2D eigenvalue weighted by Gasteiger charge is -2.23. The number of carbonyl (C=O) groups excluding carboxylic acids is 1. The van der Waals surface area contributed by atoms with Crippen LogP contribution in [-0.4, -0.2) is 40.1 Å². The Hall–Kier alpha value is -1.81. The number of hydrogen-bond donors (Lipinski definition) is 2. The summed E-state index contributed by atoms with van der Waals surface area (Å²) >= 11 is 0. The van der Waals surface area contributed by atoms with E-state index in [1.54, 1.807) is 4.90 Å². The highest BCUT2D eigenvalue weighted by Crippen LogP contribution is 2.21. The van der Waals surface area contributed by atoms with Crippen LogP contribution in [-0.2, 0) is 0 Å². The number of H-pyrrole nitrogens is 1. The number of aromatic amines is 1. The summed E-state index contributed by atoms with van der Waals surface area (Å²) in [5, 5.41) is 10.3. The van der Waals surface area contributed by atoms with Crippen LogP contribution in [0.4, 0.5) is 0 Å². The molecule has 1 atom stereocenters. The van der Waals surface area contributed by atoms with Crippen molar-refractivity contribution in [2.24, 2.45) is 0 Å². The van der Waals surface area contributed by atoms with Crippen molar-refractivity contribution in [1.82, 2.24) is 9.88 Å². The van der Waals surface area contributed by atoms with Gasteiger partial charge in [0.05, 0.1) is 12.6 Å². The van der Waals surface area contributed by atoms with Gasteiger partial charge in [-0.2, -0.15) is 0 Å². The number of carbonyl (C=O) groups is 1. The molecule has 1 amide bonds. The monoisotopic (exact) mass is 244 g/mol. The number of rotatable bonds is 2. The van der Waals surface area contributed by atoms with E-state index >= 15 is 0 Å². The Kier molecular flexibility index (Phi) is 2.80. The van der Waals surface area contributed by atoms with Crippen LogP contribution in [0.2, 0.25) is 0 Å². The van der Waals surface area contributed by atoms with E-state index in [0.29, 0.717) is 5.56 Å². The molecule has 0 bridgehead atoms. The number of nitrogens with one attached hydrogen (secondary N) is 1. The summed E-state index contributed by atoms with van der Waals surface area (Å²) < 4.78 is 0. The number of aliphatic hydroxyl groups excluding tert-OH is 1. The van der Waals surface area contributed by atoms with Crippen molar-refractivity contribution in [3.63, 3.8) is 0 Å². The molecule has 4 nitrogen and oxygen atoms in total. The van der Waals surface area contributed by atoms with Crippen LogP contribution in [0.15, 0.2) is 30.5 Å². The molecule has 0 spiro atoms. The molecule has 1 aliphatic rings. The molecule has 18 heavy (non-hydrogen) atoms. The normalized spacial score (nSPS) is 19.6. The van der Waals surface area contributed by atoms with E-state index in [9.17, 15) is 9.90 Å². The van der Waals surface area contributed by atoms with Crippen molar-refractivity contribution >= 4 is 16.8 Å². The number of hydrogen-bond acceptors (Lipinski definition) is 2. The Morgan fingerprint density at radius 3 is 3.17 bits per heavy atom. The topological polar surface area (TPSA) is 56.3 Å². The van der Waals surface area contributed by atoms with Gasteiger partial charge in [-0.3, -0.25) is 4.79 Å². The van der Waals surface area contributed by atoms with Gasteiger partial charge in [-0.25, -0.2) is 0 Å². The average Bonchev–Trinajstić information content (AvgIpc) is 3.05. The summed E-state index contributed by atoms with van der Waals surface area (Å²) in [6, 6.07) is 7.61. The summed E-state index contributed by atoms with van der Waals surface area (Å²) in [5.41, 5.74) is 1.73. The molecular formula is C14H16N2O2. The zero-order valence-electron chi connectivity index (χ0n) is 10.1. The van der Waals surface area contributed by atoms with E-state index in [4.69, 9.17) is 0 Å². The highest BCUT2D eigenvalue weighted by Gasteiger charge is 2.28. The number of likely N-dealkylation sites (tertiary alicyclic amines) is 1. The molecule has 1 fully saturated rings. The molecule has 2 heterocycles. The number of fused-ring (bicyclic) bond motifs is 1. The first-order chi connectivity index (χ1) is 8.79. The van der Waals surface area contributed by atoms with Gasteiger partial charge in [-0.05, 0) is 37.1 Å². The molecule has 1 aromatic heterocycles. The minimum Gasteiger partial charge on any atom is -0.394 e. The number of aromatic nitrogens is 1. The SMILES string of the molecule is O=C(c1ccc2[nH]ccc2c1)N1CCC[C@H]1CO. The number of benzene rings is 1. The van der Waals surface area contributed by atoms with Crippen molar-refractivity contribution < 1.29 is 9.90 Å². The van der Waals surface area contributed by atoms with Gasteiger partial charge in [-0.15, -0.1) is 0 Å². The number of aliphatic hydroxyl groups is 1. The second-order valence-corrected chi connectivity index (χ2v) is 4.76. The van der Waals surface area contributed by atoms with Crippen LogP contribution in [0.1, 0.15) is 23.2 Å². The average molecular weight is 244 g/mol. The van der Waals surface area contributed by atoms with E-state index < -0.39 is 0 Å². The highest BCUT2D eigenvalue weighted by atomic mass is 16.3. The first-order valence-electron chi connectivity index (χ1n) is 6.28. The third kappa shape index (κ3) is 1.78. The molecule has 2 N–H and O–H groups in total. The smallest absolute Gasteiger partial charge is 0.254 e. The molecule has 0 aliphatic carbocycles. The minimum absolute atomic E-state index is 0.0144. The Morgan fingerprint density at radius 1 is 1.44 bits per heavy atom. The number of nitrogens with zero attached hydrogens (tertiary/aromatic N) is 1. The Morgan fingerprint density at radius 2 is 2.33 bits per heavy atom. The van der Waals surface area contributed by atoms with Crippen LogP contribution in [0.25, 0.3) is 10.9 Å². The molecule has 1 saturated heterocycles. The second kappa shape index (κ2) is 4.46. The van der Waals surface area contributed by atoms with Crippen LogP contribution in [0.3, 0.4) is 0 Å². The Balaban J connectivity index is 1.91. The maximum absolute atomic E-state index is 12.4. The molecule has 1 aromatic carbocycles. The standard InChI is InChI=1S/C14H16N2O2/c17-9-12-2-1-7-16(12)14(18)11-3-4-13-10(8-11)5-6-15-13/h3-6,8,12,15,17H,1-2,7,9H2/t12-/m0/s1. The van der Waals surface area contributed by atoms with Crippen molar-refractivity contribution in [3.05, 3.63) is 36.0 Å². The lowest BCUT2D eigenvalue weighted by Crippen LogP contribution is -2.37. The van der Waals surface area contributed by atoms with Crippen molar-refractivity contribution in [3.8, 4) is 0 Å². The summed E-state index contributed by atoms with van der Waals surface area (Å²) in [6.07, 6.45) is 3.74. The zero-order chi connectivity index (χ0) is 12.5. The fraction of sp³-hybridized carbons (Fsp3) is 0.357. The first-order valence-corrected chi connectivity index (χ1v) is 6.28. The van der Waals surface area contributed by atoms with Gasteiger partial charge in [0, 0.05) is 29.2 Å². The predicted octanol–water partition coefficient (Wildman–Crippen LogP) is 1.76. The molecule has 2 aromatic rings. The Bertz CT molecular complexity index is 576. The lowest BCUT2D eigenvalue weighted by molar-refractivity contribution is 0.0678. The maximum Gasteiger partial charge on any atom is 0.254 e. The molecule has 0 unspecified atom stereocenters. The third-order valence-electron chi connectivity index (χ3n) is 3.65. The fourth-order valence-electron chi connectivity index (χ4n) is 2.65. The maximum atomic E-state index is 12.4. The van der Waals surface area contributed by atoms with Crippen LogP contribution >= 0.6 is 0 Å². The first kappa shape index (κ1) is 11.3. The van der Waals surface area contributed by atoms with Crippen LogP contribution < -0.4 is 0 Å². The van der Waals surface area contributed by atoms with E-state index in [2.05, 4.69) is 4.98 Å². The van der Waals surface area contributed by atoms with Crippen molar-refractivity contribution in [2.45, 2.75) is 18.9 Å². The molecule has 3 rings (SSSR count). The van der Waals surface area contributed by atoms with Crippen LogP contribution in [0, 0.1) is 0 Å². The Labute approximate surface area is 105 Å². The van der Waals surface area contributed by atoms with Gasteiger partial charge in [0.2, 0.25) is 0 Å². The zero-order valence-corrected chi connectivity index (χ0v) is 10.1. The van der Waals surface area contributed by atoms with Crippen molar-refractivity contribution in [1.29, 1.82) is 0 Å². The summed E-state index contributed by atoms with van der Waals surface area (Å²) in [5.74, 6) is 0.0228. The van der Waals surface area contributed by atoms with Gasteiger partial charge in [0.15, 0.2) is 0 Å². The fourth-order valence-corrected chi connectivity index (χ4v) is 2.65.